The summed E-state index contributed by atoms with van der Waals surface area (Å²) in [5.74, 6) is -0.910. The summed E-state index contributed by atoms with van der Waals surface area (Å²) in [7, 11) is 0. The molecule has 5 heteroatoms. The van der Waals surface area contributed by atoms with Crippen LogP contribution in [0.15, 0.2) is 12.7 Å². The van der Waals surface area contributed by atoms with Crippen molar-refractivity contribution in [3.8, 4) is 0 Å². The maximum Gasteiger partial charge on any atom is 0.356 e. The average molecular weight is 331 g/mol. The van der Waals surface area contributed by atoms with Gasteiger partial charge in [-0.15, -0.1) is 6.58 Å². The second kappa shape index (κ2) is 6.71. The van der Waals surface area contributed by atoms with E-state index in [2.05, 4.69) is 30.4 Å². The molecule has 0 amide bonds. The van der Waals surface area contributed by atoms with Gasteiger partial charge in [0.2, 0.25) is 0 Å². The number of allylic oxidation sites excluding steroid dienone is 1. The van der Waals surface area contributed by atoms with Crippen LogP contribution >= 0.6 is 0 Å². The van der Waals surface area contributed by atoms with Crippen molar-refractivity contribution in [1.82, 2.24) is 14.7 Å². The molecular formula is C19H29N3O2. The zero-order chi connectivity index (χ0) is 17.3. The van der Waals surface area contributed by atoms with E-state index in [1.54, 1.807) is 6.08 Å². The predicted molar refractivity (Wildman–Crippen MR) is 94.4 cm³/mol. The third-order valence-electron chi connectivity index (χ3n) is 6.31. The van der Waals surface area contributed by atoms with Crippen molar-refractivity contribution in [3.63, 3.8) is 0 Å². The molecular weight excluding hydrogens is 302 g/mol. The number of aromatic carboxylic acids is 1. The third kappa shape index (κ3) is 2.90. The van der Waals surface area contributed by atoms with Crippen molar-refractivity contribution in [1.29, 1.82) is 0 Å². The second-order valence-corrected chi connectivity index (χ2v) is 7.37. The largest absolute Gasteiger partial charge is 0.476 e. The zero-order valence-electron chi connectivity index (χ0n) is 14.9. The van der Waals surface area contributed by atoms with Crippen LogP contribution in [-0.4, -0.2) is 44.9 Å². The van der Waals surface area contributed by atoms with Crippen LogP contribution in [0.4, 0.5) is 0 Å². The van der Waals surface area contributed by atoms with Crippen LogP contribution in [0, 0.1) is 5.41 Å². The Kier molecular flexibility index (Phi) is 4.81. The number of fused-ring (bicyclic) bond motifs is 1. The first-order chi connectivity index (χ1) is 11.5. The fourth-order valence-electron chi connectivity index (χ4n) is 4.53. The van der Waals surface area contributed by atoms with E-state index in [0.717, 1.165) is 43.6 Å². The maximum atomic E-state index is 11.6. The van der Waals surface area contributed by atoms with E-state index in [1.807, 2.05) is 4.68 Å². The highest BCUT2D eigenvalue weighted by Gasteiger charge is 2.39. The molecule has 1 N–H and O–H groups in total. The van der Waals surface area contributed by atoms with Gasteiger partial charge < -0.3 is 5.11 Å². The minimum absolute atomic E-state index is 0.244. The van der Waals surface area contributed by atoms with Gasteiger partial charge in [0.1, 0.15) is 0 Å². The van der Waals surface area contributed by atoms with Crippen LogP contribution in [0.5, 0.6) is 0 Å². The number of carbonyl (C=O) groups is 1. The number of aromatic nitrogens is 2. The van der Waals surface area contributed by atoms with Gasteiger partial charge in [-0.2, -0.15) is 5.10 Å². The minimum atomic E-state index is -0.910. The number of carboxylic acid groups (broad SMARTS) is 1. The van der Waals surface area contributed by atoms with Crippen LogP contribution in [0.1, 0.15) is 61.3 Å². The normalized spacial score (nSPS) is 23.2. The van der Waals surface area contributed by atoms with Crippen LogP contribution in [0.3, 0.4) is 0 Å². The molecule has 0 aromatic carbocycles. The molecule has 2 heterocycles. The van der Waals surface area contributed by atoms with E-state index in [4.69, 9.17) is 0 Å². The van der Waals surface area contributed by atoms with E-state index in [1.165, 1.54) is 19.3 Å². The Balaban J connectivity index is 1.82. The minimum Gasteiger partial charge on any atom is -0.476 e. The third-order valence-corrected chi connectivity index (χ3v) is 6.31. The molecule has 0 saturated carbocycles. The molecule has 1 aromatic heterocycles. The molecule has 1 aliphatic heterocycles. The summed E-state index contributed by atoms with van der Waals surface area (Å²) in [6.45, 7) is 11.2. The van der Waals surface area contributed by atoms with Crippen LogP contribution in [0.25, 0.3) is 0 Å². The summed E-state index contributed by atoms with van der Waals surface area (Å²) in [6.07, 6.45) is 8.34. The quantitative estimate of drug-likeness (QED) is 0.814. The Morgan fingerprint density at radius 2 is 2.21 bits per heavy atom. The molecule has 2 aliphatic rings. The van der Waals surface area contributed by atoms with E-state index in [0.29, 0.717) is 18.0 Å². The molecule has 1 aliphatic carbocycles. The summed E-state index contributed by atoms with van der Waals surface area (Å²) in [5.41, 5.74) is 2.75. The number of nitrogens with zero attached hydrogens (tertiary/aromatic N) is 3. The average Bonchev–Trinajstić information content (AvgIpc) is 3.17. The molecule has 1 saturated heterocycles. The molecule has 3 rings (SSSR count). The lowest BCUT2D eigenvalue weighted by atomic mass is 9.81. The Labute approximate surface area is 144 Å². The van der Waals surface area contributed by atoms with Gasteiger partial charge in [-0.3, -0.25) is 9.58 Å². The fraction of sp³-hybridized carbons (Fsp3) is 0.684. The first-order valence-corrected chi connectivity index (χ1v) is 9.20. The van der Waals surface area contributed by atoms with Crippen molar-refractivity contribution in [2.45, 2.75) is 65.0 Å². The Morgan fingerprint density at radius 1 is 1.46 bits per heavy atom. The maximum absolute atomic E-state index is 11.6. The van der Waals surface area contributed by atoms with Gasteiger partial charge in [0.25, 0.3) is 0 Å². The van der Waals surface area contributed by atoms with E-state index < -0.39 is 5.97 Å². The molecule has 1 fully saturated rings. The molecule has 1 unspecified atom stereocenters. The van der Waals surface area contributed by atoms with Crippen LogP contribution in [0.2, 0.25) is 0 Å². The topological polar surface area (TPSA) is 58.4 Å². The van der Waals surface area contributed by atoms with Crippen LogP contribution in [-0.2, 0) is 19.4 Å². The summed E-state index contributed by atoms with van der Waals surface area (Å²) >= 11 is 0. The number of hydrogen-bond donors (Lipinski definition) is 1. The summed E-state index contributed by atoms with van der Waals surface area (Å²) < 4.78 is 1.83. The van der Waals surface area contributed by atoms with Crippen molar-refractivity contribution in [2.75, 3.05) is 13.1 Å². The van der Waals surface area contributed by atoms with Crippen molar-refractivity contribution in [2.24, 2.45) is 5.41 Å². The summed E-state index contributed by atoms with van der Waals surface area (Å²) in [6, 6.07) is 0.456. The van der Waals surface area contributed by atoms with Gasteiger partial charge in [-0.1, -0.05) is 19.9 Å². The predicted octanol–water partition coefficient (Wildman–Crippen LogP) is 3.14. The molecule has 1 aromatic rings. The Morgan fingerprint density at radius 3 is 2.79 bits per heavy atom. The molecule has 0 bridgehead atoms. The highest BCUT2D eigenvalue weighted by atomic mass is 16.4. The highest BCUT2D eigenvalue weighted by molar-refractivity contribution is 5.87. The van der Waals surface area contributed by atoms with E-state index in [-0.39, 0.29) is 5.69 Å². The van der Waals surface area contributed by atoms with Gasteiger partial charge in [0.05, 0.1) is 6.54 Å². The first-order valence-electron chi connectivity index (χ1n) is 9.20. The second-order valence-electron chi connectivity index (χ2n) is 7.37. The van der Waals surface area contributed by atoms with Crippen molar-refractivity contribution < 1.29 is 9.90 Å². The lowest BCUT2D eigenvalue weighted by molar-refractivity contribution is 0.0687. The zero-order valence-corrected chi connectivity index (χ0v) is 14.9. The first kappa shape index (κ1) is 17.2. The van der Waals surface area contributed by atoms with E-state index >= 15 is 0 Å². The summed E-state index contributed by atoms with van der Waals surface area (Å²) in [4.78, 5) is 14.2. The van der Waals surface area contributed by atoms with Gasteiger partial charge in [0, 0.05) is 23.8 Å². The lowest BCUT2D eigenvalue weighted by Gasteiger charge is -2.33. The van der Waals surface area contributed by atoms with Gasteiger partial charge in [-0.25, -0.2) is 4.79 Å². The number of rotatable bonds is 6. The standard InChI is InChI=1S/C19H29N3O2/c1-4-10-22-16-8-7-14(12-15(16)17(20-22)18(23)24)21-11-9-19(5-2,6-3)13-21/h4,14H,1,5-13H2,2-3H3,(H,23,24). The fourth-order valence-corrected chi connectivity index (χ4v) is 4.53. The summed E-state index contributed by atoms with van der Waals surface area (Å²) in [5, 5.41) is 13.8. The van der Waals surface area contributed by atoms with E-state index in [9.17, 15) is 9.90 Å². The molecule has 132 valence electrons. The SMILES string of the molecule is C=CCn1nc(C(=O)O)c2c1CCC(N1CCC(CC)(CC)C1)C2. The smallest absolute Gasteiger partial charge is 0.356 e. The van der Waals surface area contributed by atoms with Gasteiger partial charge in [-0.05, 0) is 50.5 Å². The molecule has 0 spiro atoms. The number of hydrogen-bond acceptors (Lipinski definition) is 3. The monoisotopic (exact) mass is 331 g/mol. The molecule has 24 heavy (non-hydrogen) atoms. The Hall–Kier alpha value is -1.62. The molecule has 1 atom stereocenters. The van der Waals surface area contributed by atoms with Crippen molar-refractivity contribution >= 4 is 5.97 Å². The van der Waals surface area contributed by atoms with Gasteiger partial charge in [0.15, 0.2) is 5.69 Å². The number of likely N-dealkylation sites (tertiary alicyclic amines) is 1. The lowest BCUT2D eigenvalue weighted by Crippen LogP contribution is -2.39. The van der Waals surface area contributed by atoms with Crippen LogP contribution < -0.4 is 0 Å². The van der Waals surface area contributed by atoms with Gasteiger partial charge >= 0.3 is 5.97 Å². The van der Waals surface area contributed by atoms with Crippen molar-refractivity contribution in [3.05, 3.63) is 29.6 Å². The highest BCUT2D eigenvalue weighted by Crippen LogP contribution is 2.40. The Bertz CT molecular complexity index is 631. The molecule has 5 nitrogen and oxygen atoms in total. The number of carboxylic acids is 1. The molecule has 0 radical (unpaired) electrons.